The molecule has 2 fully saturated rings. The van der Waals surface area contributed by atoms with Crippen molar-refractivity contribution in [2.45, 2.75) is 38.3 Å². The molecule has 3 N–H and O–H groups in total. The van der Waals surface area contributed by atoms with Crippen LogP contribution in [0.4, 0.5) is 0 Å². The van der Waals surface area contributed by atoms with Crippen molar-refractivity contribution in [3.8, 4) is 0 Å². The Bertz CT molecular complexity index is 663. The van der Waals surface area contributed by atoms with Crippen molar-refractivity contribution in [3.05, 3.63) is 35.9 Å². The molecule has 0 aliphatic carbocycles. The highest BCUT2D eigenvalue weighted by atomic mass is 16.2. The maximum atomic E-state index is 12.3. The Morgan fingerprint density at radius 3 is 2.19 bits per heavy atom. The van der Waals surface area contributed by atoms with Crippen molar-refractivity contribution in [1.82, 2.24) is 15.1 Å². The lowest BCUT2D eigenvalue weighted by Gasteiger charge is -2.33. The largest absolute Gasteiger partial charge is 0.369 e. The topological polar surface area (TPSA) is 95.7 Å². The number of likely N-dealkylation sites (tertiary alicyclic amines) is 2. The number of nitrogens with one attached hydrogen (secondary N) is 1. The van der Waals surface area contributed by atoms with Gasteiger partial charge in [-0.05, 0) is 31.2 Å². The van der Waals surface area contributed by atoms with E-state index < -0.39 is 11.8 Å². The summed E-state index contributed by atoms with van der Waals surface area (Å²) in [5.41, 5.74) is 6.59. The molecule has 146 valence electrons. The molecule has 0 spiro atoms. The molecule has 0 radical (unpaired) electrons. The third-order valence-corrected chi connectivity index (χ3v) is 5.55. The Morgan fingerprint density at radius 1 is 0.963 bits per heavy atom. The number of piperidine rings is 2. The van der Waals surface area contributed by atoms with Gasteiger partial charge in [-0.25, -0.2) is 0 Å². The van der Waals surface area contributed by atoms with Crippen LogP contribution in [0.25, 0.3) is 0 Å². The number of primary amides is 1. The van der Waals surface area contributed by atoms with Crippen molar-refractivity contribution in [3.63, 3.8) is 0 Å². The average molecular weight is 372 g/mol. The summed E-state index contributed by atoms with van der Waals surface area (Å²) < 4.78 is 0. The van der Waals surface area contributed by atoms with E-state index in [-0.39, 0.29) is 17.9 Å². The summed E-state index contributed by atoms with van der Waals surface area (Å²) in [6.07, 6.45) is 2.75. The van der Waals surface area contributed by atoms with Crippen LogP contribution >= 0.6 is 0 Å². The van der Waals surface area contributed by atoms with Gasteiger partial charge in [0.05, 0.1) is 0 Å². The summed E-state index contributed by atoms with van der Waals surface area (Å²) in [6.45, 7) is 3.54. The number of amides is 3. The van der Waals surface area contributed by atoms with Crippen LogP contribution in [-0.2, 0) is 20.9 Å². The maximum absolute atomic E-state index is 12.3. The lowest BCUT2D eigenvalue weighted by atomic mass is 9.96. The fourth-order valence-corrected chi connectivity index (χ4v) is 3.83. The molecule has 0 bridgehead atoms. The first-order valence-corrected chi connectivity index (χ1v) is 9.68. The molecule has 1 aromatic rings. The minimum absolute atomic E-state index is 0.0385. The van der Waals surface area contributed by atoms with Gasteiger partial charge in [-0.3, -0.25) is 19.3 Å². The van der Waals surface area contributed by atoms with Crippen molar-refractivity contribution in [2.24, 2.45) is 11.7 Å². The molecule has 2 aliphatic rings. The molecule has 7 nitrogen and oxygen atoms in total. The number of carbonyl (C=O) groups excluding carboxylic acids is 3. The molecule has 2 saturated heterocycles. The zero-order valence-electron chi connectivity index (χ0n) is 15.6. The number of carbonyl (C=O) groups is 3. The summed E-state index contributed by atoms with van der Waals surface area (Å²) >= 11 is 0. The predicted molar refractivity (Wildman–Crippen MR) is 101 cm³/mol. The number of rotatable bonds is 4. The van der Waals surface area contributed by atoms with E-state index >= 15 is 0 Å². The van der Waals surface area contributed by atoms with E-state index in [1.54, 1.807) is 0 Å². The van der Waals surface area contributed by atoms with E-state index in [1.807, 2.05) is 18.2 Å². The minimum Gasteiger partial charge on any atom is -0.369 e. The van der Waals surface area contributed by atoms with Crippen LogP contribution in [0.1, 0.15) is 31.2 Å². The second-order valence-corrected chi connectivity index (χ2v) is 7.48. The first-order chi connectivity index (χ1) is 13.0. The molecule has 3 rings (SSSR count). The van der Waals surface area contributed by atoms with Crippen molar-refractivity contribution in [2.75, 3.05) is 26.2 Å². The molecule has 2 aliphatic heterocycles. The normalized spacial score (nSPS) is 19.6. The van der Waals surface area contributed by atoms with Gasteiger partial charge in [0.1, 0.15) is 0 Å². The number of hydrogen-bond acceptors (Lipinski definition) is 4. The number of nitrogens with two attached hydrogens (primary N) is 1. The third-order valence-electron chi connectivity index (χ3n) is 5.55. The van der Waals surface area contributed by atoms with Crippen molar-refractivity contribution >= 4 is 17.7 Å². The summed E-state index contributed by atoms with van der Waals surface area (Å²) in [6, 6.07) is 10.4. The summed E-state index contributed by atoms with van der Waals surface area (Å²) in [5.74, 6) is -1.54. The van der Waals surface area contributed by atoms with Gasteiger partial charge in [0.25, 0.3) is 0 Å². The maximum Gasteiger partial charge on any atom is 0.311 e. The van der Waals surface area contributed by atoms with Gasteiger partial charge in [-0.2, -0.15) is 0 Å². The lowest BCUT2D eigenvalue weighted by molar-refractivity contribution is -0.147. The first-order valence-electron chi connectivity index (χ1n) is 9.68. The minimum atomic E-state index is -0.533. The second-order valence-electron chi connectivity index (χ2n) is 7.48. The van der Waals surface area contributed by atoms with E-state index in [9.17, 15) is 14.4 Å². The van der Waals surface area contributed by atoms with E-state index in [0.29, 0.717) is 25.9 Å². The molecule has 0 atom stereocenters. The molecule has 1 aromatic carbocycles. The highest BCUT2D eigenvalue weighted by Crippen LogP contribution is 2.17. The Morgan fingerprint density at radius 2 is 1.59 bits per heavy atom. The van der Waals surface area contributed by atoms with E-state index in [0.717, 1.165) is 32.5 Å². The number of hydrogen-bond donors (Lipinski definition) is 2. The van der Waals surface area contributed by atoms with E-state index in [2.05, 4.69) is 22.3 Å². The molecule has 0 unspecified atom stereocenters. The standard InChI is InChI=1S/C20H28N4O3/c21-18(25)16-6-12-24(13-7-16)20(27)19(26)22-17-8-10-23(11-9-17)14-15-4-2-1-3-5-15/h1-5,16-17H,6-14H2,(H2,21,25)(H,22,26). The van der Waals surface area contributed by atoms with Gasteiger partial charge in [0, 0.05) is 44.7 Å². The highest BCUT2D eigenvalue weighted by Gasteiger charge is 2.30. The van der Waals surface area contributed by atoms with Crippen molar-refractivity contribution < 1.29 is 14.4 Å². The number of benzene rings is 1. The fraction of sp³-hybridized carbons (Fsp3) is 0.550. The van der Waals surface area contributed by atoms with Crippen LogP contribution < -0.4 is 11.1 Å². The smallest absolute Gasteiger partial charge is 0.311 e. The quantitative estimate of drug-likeness (QED) is 0.752. The zero-order valence-corrected chi connectivity index (χ0v) is 15.6. The fourth-order valence-electron chi connectivity index (χ4n) is 3.83. The van der Waals surface area contributed by atoms with Gasteiger partial charge >= 0.3 is 11.8 Å². The Hall–Kier alpha value is -2.41. The molecule has 0 saturated carbocycles. The van der Waals surface area contributed by atoms with Gasteiger partial charge in [0.2, 0.25) is 5.91 Å². The van der Waals surface area contributed by atoms with Crippen LogP contribution in [0.3, 0.4) is 0 Å². The summed E-state index contributed by atoms with van der Waals surface area (Å²) in [7, 11) is 0. The molecule has 7 heteroatoms. The molecule has 0 aromatic heterocycles. The molecule has 27 heavy (non-hydrogen) atoms. The van der Waals surface area contributed by atoms with Gasteiger partial charge in [0.15, 0.2) is 0 Å². The first kappa shape index (κ1) is 19.4. The van der Waals surface area contributed by atoms with Gasteiger partial charge in [-0.1, -0.05) is 30.3 Å². The second kappa shape index (κ2) is 8.99. The molecular weight excluding hydrogens is 344 g/mol. The Kier molecular flexibility index (Phi) is 6.45. The third kappa shape index (κ3) is 5.29. The van der Waals surface area contributed by atoms with Crippen LogP contribution in [-0.4, -0.2) is 59.7 Å². The predicted octanol–water partition coefficient (Wildman–Crippen LogP) is 0.491. The van der Waals surface area contributed by atoms with Crippen molar-refractivity contribution in [1.29, 1.82) is 0 Å². The lowest BCUT2D eigenvalue weighted by Crippen LogP contribution is -2.51. The molecule has 3 amide bonds. The zero-order chi connectivity index (χ0) is 19.2. The van der Waals surface area contributed by atoms with Gasteiger partial charge in [-0.15, -0.1) is 0 Å². The average Bonchev–Trinajstić information content (AvgIpc) is 2.69. The summed E-state index contributed by atoms with van der Waals surface area (Å²) in [5, 5.41) is 2.89. The van der Waals surface area contributed by atoms with E-state index in [1.165, 1.54) is 10.5 Å². The molecular formula is C20H28N4O3. The SMILES string of the molecule is NC(=O)C1CCN(C(=O)C(=O)NC2CCN(Cc3ccccc3)CC2)CC1. The summed E-state index contributed by atoms with van der Waals surface area (Å²) in [4.78, 5) is 39.7. The van der Waals surface area contributed by atoms with Crippen LogP contribution in [0.15, 0.2) is 30.3 Å². The number of nitrogens with zero attached hydrogens (tertiary/aromatic N) is 2. The Labute approximate surface area is 159 Å². The highest BCUT2D eigenvalue weighted by molar-refractivity contribution is 6.35. The Balaban J connectivity index is 1.40. The van der Waals surface area contributed by atoms with Gasteiger partial charge < -0.3 is 16.0 Å². The van der Waals surface area contributed by atoms with E-state index in [4.69, 9.17) is 5.73 Å². The van der Waals surface area contributed by atoms with Crippen LogP contribution in [0.5, 0.6) is 0 Å². The molecule has 2 heterocycles. The monoisotopic (exact) mass is 372 g/mol. The van der Waals surface area contributed by atoms with Crippen LogP contribution in [0.2, 0.25) is 0 Å². The van der Waals surface area contributed by atoms with Crippen LogP contribution in [0, 0.1) is 5.92 Å².